The predicted octanol–water partition coefficient (Wildman–Crippen LogP) is 0.722. The highest BCUT2D eigenvalue weighted by atomic mass is 16.2. The van der Waals surface area contributed by atoms with Crippen LogP contribution in [0, 0.1) is 0 Å². The molecule has 0 aromatic heterocycles. The topological polar surface area (TPSA) is 84.2 Å². The van der Waals surface area contributed by atoms with Gasteiger partial charge >= 0.3 is 0 Å². The van der Waals surface area contributed by atoms with E-state index < -0.39 is 5.91 Å². The fourth-order valence-corrected chi connectivity index (χ4v) is 1.40. The van der Waals surface area contributed by atoms with Crippen molar-refractivity contribution < 1.29 is 9.59 Å². The summed E-state index contributed by atoms with van der Waals surface area (Å²) in [6, 6.07) is 6.92. The Bertz CT molecular complexity index is 416. The summed E-state index contributed by atoms with van der Waals surface area (Å²) in [5.74, 6) is -0.642. The molecule has 0 spiro atoms. The van der Waals surface area contributed by atoms with Crippen molar-refractivity contribution in [1.82, 2.24) is 5.32 Å². The summed E-state index contributed by atoms with van der Waals surface area (Å²) in [5.41, 5.74) is 6.17. The van der Waals surface area contributed by atoms with Crippen LogP contribution in [0.3, 0.4) is 0 Å². The molecule has 0 heterocycles. The average Bonchev–Trinajstić information content (AvgIpc) is 2.25. The molecule has 0 fully saturated rings. The van der Waals surface area contributed by atoms with E-state index in [2.05, 4.69) is 10.6 Å². The molecule has 4 N–H and O–H groups in total. The second-order valence-electron chi connectivity index (χ2n) is 3.99. The van der Waals surface area contributed by atoms with Crippen molar-refractivity contribution in [2.45, 2.75) is 19.9 Å². The Balaban J connectivity index is 2.63. The molecule has 0 aliphatic rings. The molecule has 0 bridgehead atoms. The molecule has 2 amide bonds. The van der Waals surface area contributed by atoms with Crippen LogP contribution in [0.1, 0.15) is 24.2 Å². The lowest BCUT2D eigenvalue weighted by molar-refractivity contribution is -0.119. The van der Waals surface area contributed by atoms with Gasteiger partial charge in [-0.2, -0.15) is 0 Å². The second kappa shape index (κ2) is 5.89. The Kier molecular flexibility index (Phi) is 4.51. The van der Waals surface area contributed by atoms with Gasteiger partial charge in [-0.3, -0.25) is 9.59 Å². The van der Waals surface area contributed by atoms with E-state index in [1.807, 2.05) is 13.8 Å². The van der Waals surface area contributed by atoms with Crippen molar-refractivity contribution in [3.8, 4) is 0 Å². The molecule has 1 aromatic rings. The summed E-state index contributed by atoms with van der Waals surface area (Å²) in [4.78, 5) is 22.5. The minimum Gasteiger partial charge on any atom is -0.376 e. The molecule has 17 heavy (non-hydrogen) atoms. The lowest BCUT2D eigenvalue weighted by atomic mass is 10.1. The van der Waals surface area contributed by atoms with Gasteiger partial charge in [0.1, 0.15) is 0 Å². The van der Waals surface area contributed by atoms with Crippen LogP contribution in [0.15, 0.2) is 24.3 Å². The molecule has 1 aromatic carbocycles. The number of hydrogen-bond acceptors (Lipinski definition) is 3. The van der Waals surface area contributed by atoms with Crippen LogP contribution < -0.4 is 16.4 Å². The molecule has 0 atom stereocenters. The van der Waals surface area contributed by atoms with Gasteiger partial charge in [0.2, 0.25) is 5.91 Å². The maximum atomic E-state index is 11.4. The van der Waals surface area contributed by atoms with Gasteiger partial charge in [0.25, 0.3) is 5.91 Å². The quantitative estimate of drug-likeness (QED) is 0.703. The Morgan fingerprint density at radius 2 is 1.94 bits per heavy atom. The van der Waals surface area contributed by atoms with Gasteiger partial charge in [-0.05, 0) is 26.0 Å². The molecule has 5 nitrogen and oxygen atoms in total. The molecule has 0 aliphatic heterocycles. The van der Waals surface area contributed by atoms with E-state index in [1.165, 1.54) is 0 Å². The molecule has 5 heteroatoms. The number of nitrogens with two attached hydrogens (primary N) is 1. The minimum atomic E-state index is -0.516. The lowest BCUT2D eigenvalue weighted by Gasteiger charge is -2.11. The van der Waals surface area contributed by atoms with Gasteiger partial charge in [-0.1, -0.05) is 12.1 Å². The standard InChI is InChI=1S/C12H17N3O2/c1-8(2)15-11(16)7-14-10-6-4-3-5-9(10)12(13)17/h3-6,8,14H,7H2,1-2H3,(H2,13,17)(H,15,16). The third-order valence-corrected chi connectivity index (χ3v) is 2.08. The third kappa shape index (κ3) is 4.14. The number of carbonyl (C=O) groups is 2. The Hall–Kier alpha value is -2.04. The highest BCUT2D eigenvalue weighted by molar-refractivity contribution is 5.98. The number of anilines is 1. The van der Waals surface area contributed by atoms with Crippen LogP contribution in [-0.4, -0.2) is 24.4 Å². The fourth-order valence-electron chi connectivity index (χ4n) is 1.40. The third-order valence-electron chi connectivity index (χ3n) is 2.08. The molecule has 1 rings (SSSR count). The molecular weight excluding hydrogens is 218 g/mol. The second-order valence-corrected chi connectivity index (χ2v) is 3.99. The van der Waals surface area contributed by atoms with Crippen molar-refractivity contribution in [3.63, 3.8) is 0 Å². The maximum absolute atomic E-state index is 11.4. The number of rotatable bonds is 5. The Morgan fingerprint density at radius 3 is 2.53 bits per heavy atom. The van der Waals surface area contributed by atoms with Crippen LogP contribution in [0.5, 0.6) is 0 Å². The number of para-hydroxylation sites is 1. The summed E-state index contributed by atoms with van der Waals surface area (Å²) in [5, 5.41) is 5.63. The molecule has 0 aliphatic carbocycles. The van der Waals surface area contributed by atoms with E-state index in [4.69, 9.17) is 5.73 Å². The van der Waals surface area contributed by atoms with Crippen LogP contribution in [0.4, 0.5) is 5.69 Å². The first-order chi connectivity index (χ1) is 8.00. The zero-order valence-electron chi connectivity index (χ0n) is 9.99. The van der Waals surface area contributed by atoms with Gasteiger partial charge in [0.15, 0.2) is 0 Å². The Morgan fingerprint density at radius 1 is 1.29 bits per heavy atom. The fraction of sp³-hybridized carbons (Fsp3) is 0.333. The van der Waals surface area contributed by atoms with Crippen LogP contribution in [0.25, 0.3) is 0 Å². The zero-order valence-corrected chi connectivity index (χ0v) is 9.99. The van der Waals surface area contributed by atoms with Crippen molar-refractivity contribution >= 4 is 17.5 Å². The van der Waals surface area contributed by atoms with E-state index >= 15 is 0 Å². The van der Waals surface area contributed by atoms with E-state index in [1.54, 1.807) is 24.3 Å². The van der Waals surface area contributed by atoms with Crippen molar-refractivity contribution in [3.05, 3.63) is 29.8 Å². The summed E-state index contributed by atoms with van der Waals surface area (Å²) in [6.07, 6.45) is 0. The first kappa shape index (κ1) is 13.0. The monoisotopic (exact) mass is 235 g/mol. The number of amides is 2. The van der Waals surface area contributed by atoms with Crippen molar-refractivity contribution in [1.29, 1.82) is 0 Å². The van der Waals surface area contributed by atoms with Crippen molar-refractivity contribution in [2.24, 2.45) is 5.73 Å². The molecule has 0 radical (unpaired) electrons. The smallest absolute Gasteiger partial charge is 0.250 e. The van der Waals surface area contributed by atoms with E-state index in [-0.39, 0.29) is 18.5 Å². The van der Waals surface area contributed by atoms with Crippen LogP contribution in [-0.2, 0) is 4.79 Å². The number of primary amides is 1. The summed E-state index contributed by atoms with van der Waals surface area (Å²) in [6.45, 7) is 3.88. The summed E-state index contributed by atoms with van der Waals surface area (Å²) < 4.78 is 0. The lowest BCUT2D eigenvalue weighted by Crippen LogP contribution is -2.35. The normalized spacial score (nSPS) is 10.1. The van der Waals surface area contributed by atoms with E-state index in [9.17, 15) is 9.59 Å². The minimum absolute atomic E-state index is 0.0932. The first-order valence-electron chi connectivity index (χ1n) is 5.42. The number of carbonyl (C=O) groups excluding carboxylic acids is 2. The molecule has 0 saturated heterocycles. The van der Waals surface area contributed by atoms with Gasteiger partial charge in [-0.15, -0.1) is 0 Å². The van der Waals surface area contributed by atoms with Crippen LogP contribution >= 0.6 is 0 Å². The molecular formula is C12H17N3O2. The van der Waals surface area contributed by atoms with E-state index in [0.717, 1.165) is 0 Å². The Labute approximate surface area is 100 Å². The zero-order chi connectivity index (χ0) is 12.8. The van der Waals surface area contributed by atoms with Gasteiger partial charge < -0.3 is 16.4 Å². The van der Waals surface area contributed by atoms with Crippen molar-refractivity contribution in [2.75, 3.05) is 11.9 Å². The molecule has 0 unspecified atom stereocenters. The van der Waals surface area contributed by atoms with Gasteiger partial charge in [0, 0.05) is 11.7 Å². The number of hydrogen-bond donors (Lipinski definition) is 3. The average molecular weight is 235 g/mol. The summed E-state index contributed by atoms with van der Waals surface area (Å²) >= 11 is 0. The maximum Gasteiger partial charge on any atom is 0.250 e. The SMILES string of the molecule is CC(C)NC(=O)CNc1ccccc1C(N)=O. The highest BCUT2D eigenvalue weighted by Crippen LogP contribution is 2.13. The van der Waals surface area contributed by atoms with E-state index in [0.29, 0.717) is 11.3 Å². The predicted molar refractivity (Wildman–Crippen MR) is 66.7 cm³/mol. The van der Waals surface area contributed by atoms with Gasteiger partial charge in [0.05, 0.1) is 12.1 Å². The molecule has 0 saturated carbocycles. The largest absolute Gasteiger partial charge is 0.376 e. The van der Waals surface area contributed by atoms with Crippen LogP contribution in [0.2, 0.25) is 0 Å². The first-order valence-corrected chi connectivity index (χ1v) is 5.42. The number of nitrogens with one attached hydrogen (secondary N) is 2. The summed E-state index contributed by atoms with van der Waals surface area (Å²) in [7, 11) is 0. The highest BCUT2D eigenvalue weighted by Gasteiger charge is 2.08. The molecule has 92 valence electrons. The number of benzene rings is 1. The van der Waals surface area contributed by atoms with Gasteiger partial charge in [-0.25, -0.2) is 0 Å².